The molecule has 0 unspecified atom stereocenters. The van der Waals surface area contributed by atoms with Crippen molar-refractivity contribution in [1.82, 2.24) is 29.5 Å². The van der Waals surface area contributed by atoms with Crippen molar-refractivity contribution in [3.63, 3.8) is 0 Å². The summed E-state index contributed by atoms with van der Waals surface area (Å²) >= 11 is 0. The molecule has 0 aliphatic heterocycles. The van der Waals surface area contributed by atoms with Crippen molar-refractivity contribution in [2.75, 3.05) is 0 Å². The summed E-state index contributed by atoms with van der Waals surface area (Å²) < 4.78 is 3.57. The van der Waals surface area contributed by atoms with E-state index in [1.165, 1.54) is 6.20 Å². The Kier molecular flexibility index (Phi) is 4.92. The number of benzene rings is 1. The van der Waals surface area contributed by atoms with E-state index in [1.807, 2.05) is 42.7 Å². The van der Waals surface area contributed by atoms with E-state index < -0.39 is 0 Å². The quantitative estimate of drug-likeness (QED) is 0.377. The summed E-state index contributed by atoms with van der Waals surface area (Å²) in [7, 11) is 0. The number of hydrogen-bond donors (Lipinski definition) is 1. The molecule has 0 aliphatic rings. The van der Waals surface area contributed by atoms with Gasteiger partial charge in [0.25, 0.3) is 0 Å². The average molecular weight is 374 g/mol. The molecule has 0 bridgehead atoms. The van der Waals surface area contributed by atoms with Gasteiger partial charge in [0, 0.05) is 42.7 Å². The number of aromatic amines is 1. The highest BCUT2D eigenvalue weighted by Crippen LogP contribution is 2.16. The minimum atomic E-state index is -0.332. The summed E-state index contributed by atoms with van der Waals surface area (Å²) in [4.78, 5) is 31.6. The fourth-order valence-electron chi connectivity index (χ4n) is 3.02. The number of H-pyrrole nitrogens is 1. The standard InChI is InChI=1S/C20H18N6O2/c27-18(12-19(28)20-21-5-6-22-20)17-10-15(13-25-7-1-3-23-25)9-16(11-17)14-26-8-2-4-24-26/h1-11H,12-14H2,(H,21,22). The number of ketones is 2. The highest BCUT2D eigenvalue weighted by molar-refractivity contribution is 6.12. The molecule has 8 heteroatoms. The molecule has 1 aromatic carbocycles. The van der Waals surface area contributed by atoms with Crippen LogP contribution in [0.4, 0.5) is 0 Å². The third kappa shape index (κ3) is 4.12. The van der Waals surface area contributed by atoms with Crippen LogP contribution in [0.15, 0.2) is 67.5 Å². The zero-order chi connectivity index (χ0) is 19.3. The largest absolute Gasteiger partial charge is 0.342 e. The molecule has 0 saturated heterocycles. The summed E-state index contributed by atoms with van der Waals surface area (Å²) in [6.45, 7) is 1.07. The number of aromatic nitrogens is 6. The second kappa shape index (κ2) is 7.83. The lowest BCUT2D eigenvalue weighted by atomic mass is 9.99. The van der Waals surface area contributed by atoms with Crippen molar-refractivity contribution < 1.29 is 9.59 Å². The van der Waals surface area contributed by atoms with Gasteiger partial charge in [-0.15, -0.1) is 0 Å². The van der Waals surface area contributed by atoms with Gasteiger partial charge in [0.15, 0.2) is 11.6 Å². The van der Waals surface area contributed by atoms with Crippen LogP contribution in [-0.2, 0) is 13.1 Å². The maximum atomic E-state index is 12.8. The molecule has 3 heterocycles. The average Bonchev–Trinajstić information content (AvgIpc) is 3.45. The molecule has 4 rings (SSSR count). The zero-order valence-corrected chi connectivity index (χ0v) is 15.0. The van der Waals surface area contributed by atoms with E-state index in [0.717, 1.165) is 11.1 Å². The van der Waals surface area contributed by atoms with Crippen LogP contribution in [0, 0.1) is 0 Å². The number of Topliss-reactive ketones (excluding diaryl/α,β-unsaturated/α-hetero) is 2. The van der Waals surface area contributed by atoms with Gasteiger partial charge in [0.2, 0.25) is 5.78 Å². The Labute approximate surface area is 160 Å². The lowest BCUT2D eigenvalue weighted by Crippen LogP contribution is -2.12. The summed E-state index contributed by atoms with van der Waals surface area (Å²) in [5.74, 6) is -0.385. The summed E-state index contributed by atoms with van der Waals surface area (Å²) in [5, 5.41) is 8.44. The second-order valence-electron chi connectivity index (χ2n) is 6.41. The molecule has 0 spiro atoms. The Bertz CT molecular complexity index is 1010. The number of carbonyl (C=O) groups excluding carboxylic acids is 2. The van der Waals surface area contributed by atoms with E-state index in [1.54, 1.807) is 28.0 Å². The molecular weight excluding hydrogens is 356 g/mol. The van der Waals surface area contributed by atoms with Crippen LogP contribution in [0.2, 0.25) is 0 Å². The van der Waals surface area contributed by atoms with E-state index in [9.17, 15) is 9.59 Å². The molecule has 8 nitrogen and oxygen atoms in total. The minimum absolute atomic E-state index is 0.192. The number of rotatable bonds is 8. The molecule has 1 N–H and O–H groups in total. The Morgan fingerprint density at radius 3 is 2.00 bits per heavy atom. The lowest BCUT2D eigenvalue weighted by molar-refractivity contribution is 0.0888. The van der Waals surface area contributed by atoms with E-state index in [2.05, 4.69) is 20.2 Å². The van der Waals surface area contributed by atoms with Crippen LogP contribution in [-0.4, -0.2) is 41.1 Å². The molecule has 0 fully saturated rings. The van der Waals surface area contributed by atoms with E-state index in [0.29, 0.717) is 18.7 Å². The molecule has 0 amide bonds. The predicted octanol–water partition coefficient (Wildman–Crippen LogP) is 2.36. The predicted molar refractivity (Wildman–Crippen MR) is 101 cm³/mol. The van der Waals surface area contributed by atoms with Crippen LogP contribution in [0.5, 0.6) is 0 Å². The molecule has 4 aromatic rings. The highest BCUT2D eigenvalue weighted by Gasteiger charge is 2.17. The van der Waals surface area contributed by atoms with Gasteiger partial charge in [0.1, 0.15) is 0 Å². The minimum Gasteiger partial charge on any atom is -0.342 e. The van der Waals surface area contributed by atoms with Gasteiger partial charge in [-0.25, -0.2) is 4.98 Å². The molecule has 0 aliphatic carbocycles. The van der Waals surface area contributed by atoms with Gasteiger partial charge < -0.3 is 4.98 Å². The van der Waals surface area contributed by atoms with Crippen LogP contribution < -0.4 is 0 Å². The molecule has 0 atom stereocenters. The topological polar surface area (TPSA) is 98.5 Å². The SMILES string of the molecule is O=C(CC(=O)c1ncc[nH]1)c1cc(Cn2cccn2)cc(Cn2cccn2)c1. The van der Waals surface area contributed by atoms with Crippen molar-refractivity contribution in [3.8, 4) is 0 Å². The summed E-state index contributed by atoms with van der Waals surface area (Å²) in [6, 6.07) is 9.34. The Morgan fingerprint density at radius 1 is 0.857 bits per heavy atom. The zero-order valence-electron chi connectivity index (χ0n) is 15.0. The third-order valence-electron chi connectivity index (χ3n) is 4.27. The van der Waals surface area contributed by atoms with E-state index in [4.69, 9.17) is 0 Å². The third-order valence-corrected chi connectivity index (χ3v) is 4.27. The van der Waals surface area contributed by atoms with Gasteiger partial charge in [-0.3, -0.25) is 19.0 Å². The molecule has 140 valence electrons. The van der Waals surface area contributed by atoms with Crippen molar-refractivity contribution in [2.45, 2.75) is 19.5 Å². The van der Waals surface area contributed by atoms with Crippen LogP contribution in [0.3, 0.4) is 0 Å². The molecule has 28 heavy (non-hydrogen) atoms. The number of imidazole rings is 1. The van der Waals surface area contributed by atoms with Gasteiger partial charge in [-0.2, -0.15) is 10.2 Å². The normalized spacial score (nSPS) is 10.9. The number of nitrogens with zero attached hydrogens (tertiary/aromatic N) is 5. The van der Waals surface area contributed by atoms with Crippen molar-refractivity contribution in [2.24, 2.45) is 0 Å². The van der Waals surface area contributed by atoms with E-state index >= 15 is 0 Å². The fourth-order valence-corrected chi connectivity index (χ4v) is 3.02. The van der Waals surface area contributed by atoms with Gasteiger partial charge in [0.05, 0.1) is 19.5 Å². The van der Waals surface area contributed by atoms with Crippen molar-refractivity contribution >= 4 is 11.6 Å². The first-order valence-corrected chi connectivity index (χ1v) is 8.81. The molecular formula is C20H18N6O2. The van der Waals surface area contributed by atoms with Crippen molar-refractivity contribution in [3.05, 3.63) is 90.0 Å². The Balaban J connectivity index is 1.60. The second-order valence-corrected chi connectivity index (χ2v) is 6.41. The number of nitrogens with one attached hydrogen (secondary N) is 1. The van der Waals surface area contributed by atoms with Crippen LogP contribution in [0.25, 0.3) is 0 Å². The van der Waals surface area contributed by atoms with Crippen molar-refractivity contribution in [1.29, 1.82) is 0 Å². The first-order chi connectivity index (χ1) is 13.7. The maximum absolute atomic E-state index is 12.8. The van der Waals surface area contributed by atoms with Crippen LogP contribution in [0.1, 0.15) is 38.5 Å². The molecule has 0 radical (unpaired) electrons. The number of hydrogen-bond acceptors (Lipinski definition) is 5. The lowest BCUT2D eigenvalue weighted by Gasteiger charge is -2.10. The smallest absolute Gasteiger partial charge is 0.205 e. The monoisotopic (exact) mass is 374 g/mol. The van der Waals surface area contributed by atoms with Crippen LogP contribution >= 0.6 is 0 Å². The Hall–Kier alpha value is -3.81. The first-order valence-electron chi connectivity index (χ1n) is 8.81. The number of carbonyl (C=O) groups is 2. The summed E-state index contributed by atoms with van der Waals surface area (Å²) in [5.41, 5.74) is 2.36. The van der Waals surface area contributed by atoms with Gasteiger partial charge >= 0.3 is 0 Å². The van der Waals surface area contributed by atoms with E-state index in [-0.39, 0.29) is 23.8 Å². The first kappa shape index (κ1) is 17.6. The highest BCUT2D eigenvalue weighted by atomic mass is 16.1. The fraction of sp³-hybridized carbons (Fsp3) is 0.150. The van der Waals surface area contributed by atoms with Gasteiger partial charge in [-0.05, 0) is 35.4 Å². The maximum Gasteiger partial charge on any atom is 0.205 e. The molecule has 3 aromatic heterocycles. The molecule has 0 saturated carbocycles. The summed E-state index contributed by atoms with van der Waals surface area (Å²) in [6.07, 6.45) is 9.96. The Morgan fingerprint density at radius 2 is 1.50 bits per heavy atom. The van der Waals surface area contributed by atoms with Gasteiger partial charge in [-0.1, -0.05) is 6.07 Å².